The van der Waals surface area contributed by atoms with E-state index in [1.54, 1.807) is 0 Å². The number of hydrogen-bond acceptors (Lipinski definition) is 2. The van der Waals surface area contributed by atoms with Gasteiger partial charge in [-0.3, -0.25) is 0 Å². The molecule has 108 valence electrons. The summed E-state index contributed by atoms with van der Waals surface area (Å²) in [4.78, 5) is 10.6. The van der Waals surface area contributed by atoms with E-state index in [0.717, 1.165) is 6.42 Å². The van der Waals surface area contributed by atoms with Crippen molar-refractivity contribution in [2.24, 2.45) is 0 Å². The first kappa shape index (κ1) is 16.3. The number of carbonyl (C=O) groups excluding carboxylic acids is 1. The molecule has 0 heterocycles. The van der Waals surface area contributed by atoms with Gasteiger partial charge < -0.3 is 9.90 Å². The molecular weight excluding hydrogens is 295 g/mol. The Balaban J connectivity index is 0.00000156. The fourth-order valence-corrected chi connectivity index (χ4v) is 3.44. The van der Waals surface area contributed by atoms with Gasteiger partial charge in [-0.1, -0.05) is 54.6 Å². The molecule has 0 aliphatic heterocycles. The molecule has 0 unspecified atom stereocenters. The third-order valence-corrected chi connectivity index (χ3v) is 4.45. The second-order valence-electron chi connectivity index (χ2n) is 5.81. The van der Waals surface area contributed by atoms with Crippen molar-refractivity contribution in [3.63, 3.8) is 0 Å². The monoisotopic (exact) mass is 310 g/mol. The van der Waals surface area contributed by atoms with Crippen molar-refractivity contribution < 1.29 is 39.5 Å². The van der Waals surface area contributed by atoms with Crippen LogP contribution in [0.4, 0.5) is 0 Å². The Kier molecular flexibility index (Phi) is 4.58. The van der Waals surface area contributed by atoms with Crippen LogP contribution in [0.3, 0.4) is 0 Å². The number of benzene rings is 4. The first-order valence-corrected chi connectivity index (χ1v) is 7.59. The Bertz CT molecular complexity index is 975. The van der Waals surface area contributed by atoms with Crippen molar-refractivity contribution in [3.05, 3.63) is 60.2 Å². The summed E-state index contributed by atoms with van der Waals surface area (Å²) < 4.78 is 0. The molecule has 0 aliphatic carbocycles. The predicted octanol–water partition coefficient (Wildman–Crippen LogP) is 0.661. The summed E-state index contributed by atoms with van der Waals surface area (Å²) >= 11 is 0. The summed E-state index contributed by atoms with van der Waals surface area (Å²) in [6.07, 6.45) is 1.50. The maximum Gasteiger partial charge on any atom is 1.00 e. The van der Waals surface area contributed by atoms with Crippen molar-refractivity contribution >= 4 is 38.3 Å². The normalized spacial score (nSPS) is 11.1. The van der Waals surface area contributed by atoms with E-state index in [2.05, 4.69) is 54.6 Å². The minimum absolute atomic E-state index is 0. The summed E-state index contributed by atoms with van der Waals surface area (Å²) in [6.45, 7) is 0. The zero-order chi connectivity index (χ0) is 15.1. The molecule has 4 aromatic rings. The fourth-order valence-electron chi connectivity index (χ4n) is 3.44. The minimum atomic E-state index is -0.974. The van der Waals surface area contributed by atoms with Crippen LogP contribution in [0.5, 0.6) is 0 Å². The van der Waals surface area contributed by atoms with E-state index in [0.29, 0.717) is 6.42 Å². The Morgan fingerprint density at radius 2 is 1.43 bits per heavy atom. The maximum atomic E-state index is 10.6. The van der Waals surface area contributed by atoms with E-state index in [9.17, 15) is 9.90 Å². The Morgan fingerprint density at radius 1 is 0.826 bits per heavy atom. The molecule has 2 nitrogen and oxygen atoms in total. The fraction of sp³-hybridized carbons (Fsp3) is 0.150. The maximum absolute atomic E-state index is 10.6. The van der Waals surface area contributed by atoms with Crippen LogP contribution >= 0.6 is 0 Å². The molecule has 0 spiro atoms. The number of aliphatic carboxylic acids is 1. The average molecular weight is 310 g/mol. The molecule has 0 radical (unpaired) electrons. The molecular formula is C20H15NaO2. The summed E-state index contributed by atoms with van der Waals surface area (Å²) in [5, 5.41) is 18.2. The van der Waals surface area contributed by atoms with E-state index >= 15 is 0 Å². The molecule has 3 heteroatoms. The topological polar surface area (TPSA) is 40.1 Å². The zero-order valence-electron chi connectivity index (χ0n) is 13.1. The predicted molar refractivity (Wildman–Crippen MR) is 88.1 cm³/mol. The Morgan fingerprint density at radius 3 is 2.13 bits per heavy atom. The van der Waals surface area contributed by atoms with Gasteiger partial charge in [-0.05, 0) is 57.1 Å². The van der Waals surface area contributed by atoms with Gasteiger partial charge in [0, 0.05) is 5.97 Å². The van der Waals surface area contributed by atoms with Crippen molar-refractivity contribution in [3.8, 4) is 0 Å². The first-order valence-electron chi connectivity index (χ1n) is 7.59. The summed E-state index contributed by atoms with van der Waals surface area (Å²) in [6, 6.07) is 19.3. The van der Waals surface area contributed by atoms with Gasteiger partial charge >= 0.3 is 29.6 Å². The van der Waals surface area contributed by atoms with Gasteiger partial charge in [-0.25, -0.2) is 0 Å². The van der Waals surface area contributed by atoms with Crippen molar-refractivity contribution in [1.82, 2.24) is 0 Å². The number of rotatable bonds is 4. The molecule has 0 aromatic heterocycles. The van der Waals surface area contributed by atoms with E-state index in [4.69, 9.17) is 0 Å². The van der Waals surface area contributed by atoms with Crippen LogP contribution in [0.15, 0.2) is 54.6 Å². The smallest absolute Gasteiger partial charge is 0.550 e. The van der Waals surface area contributed by atoms with Crippen LogP contribution in [-0.4, -0.2) is 5.97 Å². The van der Waals surface area contributed by atoms with E-state index < -0.39 is 5.97 Å². The third-order valence-electron chi connectivity index (χ3n) is 4.45. The molecule has 0 N–H and O–H groups in total. The van der Waals surface area contributed by atoms with Crippen molar-refractivity contribution in [2.45, 2.75) is 19.3 Å². The molecule has 0 saturated carbocycles. The first-order chi connectivity index (χ1) is 10.7. The summed E-state index contributed by atoms with van der Waals surface area (Å²) in [5.41, 5.74) is 1.21. The second-order valence-corrected chi connectivity index (χ2v) is 5.81. The van der Waals surface area contributed by atoms with Gasteiger partial charge in [0.25, 0.3) is 0 Å². The van der Waals surface area contributed by atoms with Gasteiger partial charge in [0.05, 0.1) is 0 Å². The molecule has 0 saturated heterocycles. The van der Waals surface area contributed by atoms with Crippen LogP contribution in [0.25, 0.3) is 32.3 Å². The average Bonchev–Trinajstić information content (AvgIpc) is 2.53. The minimum Gasteiger partial charge on any atom is -0.550 e. The Hall–Kier alpha value is -1.61. The molecule has 4 rings (SSSR count). The summed E-state index contributed by atoms with van der Waals surface area (Å²) in [5.74, 6) is -0.974. The van der Waals surface area contributed by atoms with E-state index in [-0.39, 0.29) is 36.0 Å². The zero-order valence-corrected chi connectivity index (χ0v) is 15.1. The standard InChI is InChI=1S/C20H16O2.Na/c21-18(22)6-2-3-13-7-8-16-10-9-14-4-1-5-15-11-12-17(13)20(16)19(14)15;/h1,4-5,7-12H,2-3,6H2,(H,21,22);/q;+1/p-1. The van der Waals surface area contributed by atoms with Crippen LogP contribution in [0.1, 0.15) is 18.4 Å². The Labute approximate surface area is 156 Å². The molecule has 23 heavy (non-hydrogen) atoms. The number of aryl methyl sites for hydroxylation is 1. The molecule has 0 aliphatic rings. The number of carboxylic acid groups (broad SMARTS) is 1. The third kappa shape index (κ3) is 2.83. The molecule has 0 bridgehead atoms. The summed E-state index contributed by atoms with van der Waals surface area (Å²) in [7, 11) is 0. The van der Waals surface area contributed by atoms with Crippen LogP contribution in [0, 0.1) is 0 Å². The molecule has 0 atom stereocenters. The number of hydrogen-bond donors (Lipinski definition) is 0. The van der Waals surface area contributed by atoms with Gasteiger partial charge in [0.1, 0.15) is 0 Å². The largest absolute Gasteiger partial charge is 1.00 e. The van der Waals surface area contributed by atoms with E-state index in [1.807, 2.05) is 0 Å². The second kappa shape index (κ2) is 6.48. The molecule has 0 amide bonds. The molecule has 0 fully saturated rings. The van der Waals surface area contributed by atoms with Crippen LogP contribution < -0.4 is 34.7 Å². The SMILES string of the molecule is O=C([O-])CCCc1ccc2ccc3cccc4ccc1c2c34.[Na+]. The van der Waals surface area contributed by atoms with Gasteiger partial charge in [0.2, 0.25) is 0 Å². The van der Waals surface area contributed by atoms with E-state index in [1.165, 1.54) is 37.9 Å². The molecule has 4 aromatic carbocycles. The van der Waals surface area contributed by atoms with Crippen molar-refractivity contribution in [1.29, 1.82) is 0 Å². The van der Waals surface area contributed by atoms with Crippen LogP contribution in [0.2, 0.25) is 0 Å². The van der Waals surface area contributed by atoms with Gasteiger partial charge in [0.15, 0.2) is 0 Å². The number of carboxylic acids is 1. The van der Waals surface area contributed by atoms with Crippen LogP contribution in [-0.2, 0) is 11.2 Å². The van der Waals surface area contributed by atoms with Crippen molar-refractivity contribution in [2.75, 3.05) is 0 Å². The number of carbonyl (C=O) groups is 1. The van der Waals surface area contributed by atoms with Gasteiger partial charge in [-0.15, -0.1) is 0 Å². The van der Waals surface area contributed by atoms with Gasteiger partial charge in [-0.2, -0.15) is 0 Å². The quantitative estimate of drug-likeness (QED) is 0.410.